The minimum Gasteiger partial charge on any atom is -0.344 e. The van der Waals surface area contributed by atoms with Crippen molar-refractivity contribution < 1.29 is 28.8 Å². The second-order valence-corrected chi connectivity index (χ2v) is 18.5. The van der Waals surface area contributed by atoms with Gasteiger partial charge in [-0.25, -0.2) is 0 Å². The standard InChI is InChI=1S/C58H70N12O6/c59-31-7-1-16-49(68-52(71)37-46-13-4-10-34-62-46)56(74)65-43-25-19-40(20-26-43)55(41-21-27-44(28-22-41)66-57(75)50(17-2-8-32-60)69-53(72)38-47-14-5-11-35-63-47)42-23-29-45(30-24-42)67-58(76)51(18-3-9-33-61)70-54(73)39-48-15-6-12-36-64-48/h4-6,10-15,19-30,34-36,49-51,55H,1-3,7-9,16-18,31-33,37-39,59-61H2,(H,65,74)(H,66,75)(H,67,76)(H,68,71)(H,69,72)(H,70,73)/t49-,50-,51-/m0/s1. The molecule has 76 heavy (non-hydrogen) atoms. The van der Waals surface area contributed by atoms with E-state index in [9.17, 15) is 28.8 Å². The van der Waals surface area contributed by atoms with E-state index in [2.05, 4.69) is 46.9 Å². The molecule has 0 spiro atoms. The zero-order valence-corrected chi connectivity index (χ0v) is 42.8. The van der Waals surface area contributed by atoms with Crippen molar-refractivity contribution in [2.45, 2.75) is 101 Å². The number of nitrogens with one attached hydrogen (secondary N) is 6. The molecule has 0 radical (unpaired) electrons. The summed E-state index contributed by atoms with van der Waals surface area (Å²) in [6.45, 7) is 1.38. The number of nitrogens with two attached hydrogens (primary N) is 3. The lowest BCUT2D eigenvalue weighted by atomic mass is 9.85. The lowest BCUT2D eigenvalue weighted by molar-refractivity contribution is -0.126. The van der Waals surface area contributed by atoms with Gasteiger partial charge in [-0.2, -0.15) is 0 Å². The Bertz CT molecular complexity index is 2450. The molecule has 3 aromatic heterocycles. The molecule has 18 nitrogen and oxygen atoms in total. The van der Waals surface area contributed by atoms with Crippen LogP contribution >= 0.6 is 0 Å². The van der Waals surface area contributed by atoms with Gasteiger partial charge in [0.2, 0.25) is 35.4 Å². The number of benzene rings is 3. The van der Waals surface area contributed by atoms with E-state index in [4.69, 9.17) is 17.2 Å². The van der Waals surface area contributed by atoms with E-state index >= 15 is 0 Å². The highest BCUT2D eigenvalue weighted by Crippen LogP contribution is 2.34. The van der Waals surface area contributed by atoms with Gasteiger partial charge in [-0.3, -0.25) is 43.7 Å². The maximum absolute atomic E-state index is 13.8. The summed E-state index contributed by atoms with van der Waals surface area (Å²) in [4.78, 5) is 93.1. The van der Waals surface area contributed by atoms with E-state index in [0.29, 0.717) is 112 Å². The summed E-state index contributed by atoms with van der Waals surface area (Å²) in [5, 5.41) is 17.6. The van der Waals surface area contributed by atoms with E-state index in [1.807, 2.05) is 36.4 Å². The summed E-state index contributed by atoms with van der Waals surface area (Å²) in [5.74, 6) is -2.44. The molecule has 12 N–H and O–H groups in total. The number of carbonyl (C=O) groups is 6. The van der Waals surface area contributed by atoms with Gasteiger partial charge in [-0.1, -0.05) is 54.6 Å². The van der Waals surface area contributed by atoms with Crippen molar-refractivity contribution in [2.75, 3.05) is 35.6 Å². The van der Waals surface area contributed by atoms with Crippen LogP contribution in [0.5, 0.6) is 0 Å². The Kier molecular flexibility index (Phi) is 23.2. The molecule has 6 amide bonds. The fourth-order valence-corrected chi connectivity index (χ4v) is 8.56. The first-order valence-electron chi connectivity index (χ1n) is 25.9. The van der Waals surface area contributed by atoms with Crippen molar-refractivity contribution >= 4 is 52.5 Å². The Balaban J connectivity index is 1.22. The first-order valence-corrected chi connectivity index (χ1v) is 25.9. The molecule has 0 aliphatic carbocycles. The minimum absolute atomic E-state index is 0.0286. The molecular formula is C58H70N12O6. The fourth-order valence-electron chi connectivity index (χ4n) is 8.56. The molecule has 3 aromatic carbocycles. The van der Waals surface area contributed by atoms with Crippen LogP contribution in [0.4, 0.5) is 17.1 Å². The van der Waals surface area contributed by atoms with Crippen LogP contribution in [0, 0.1) is 0 Å². The number of amides is 6. The minimum atomic E-state index is -0.804. The molecule has 6 rings (SSSR count). The van der Waals surface area contributed by atoms with Gasteiger partial charge in [0.1, 0.15) is 18.1 Å². The number of aromatic nitrogens is 3. The maximum Gasteiger partial charge on any atom is 0.246 e. The van der Waals surface area contributed by atoms with Crippen molar-refractivity contribution in [2.24, 2.45) is 17.2 Å². The first-order chi connectivity index (χ1) is 37.0. The summed E-state index contributed by atoms with van der Waals surface area (Å²) < 4.78 is 0. The fraction of sp³-hybridized carbons (Fsp3) is 0.328. The van der Waals surface area contributed by atoms with Crippen LogP contribution in [-0.4, -0.2) is 88.2 Å². The highest BCUT2D eigenvalue weighted by molar-refractivity contribution is 5.99. The molecule has 0 aliphatic rings. The van der Waals surface area contributed by atoms with Crippen molar-refractivity contribution in [3.05, 3.63) is 180 Å². The van der Waals surface area contributed by atoms with Gasteiger partial charge in [-0.15, -0.1) is 0 Å². The Morgan fingerprint density at radius 2 is 0.645 bits per heavy atom. The van der Waals surface area contributed by atoms with Gasteiger partial charge < -0.3 is 49.1 Å². The van der Waals surface area contributed by atoms with E-state index in [-0.39, 0.29) is 60.6 Å². The molecule has 3 atom stereocenters. The average Bonchev–Trinajstić information content (AvgIpc) is 3.42. The average molecular weight is 1030 g/mol. The third-order valence-corrected chi connectivity index (χ3v) is 12.5. The maximum atomic E-state index is 13.8. The molecule has 0 saturated carbocycles. The van der Waals surface area contributed by atoms with Crippen LogP contribution in [0.15, 0.2) is 146 Å². The molecule has 0 fully saturated rings. The van der Waals surface area contributed by atoms with Crippen LogP contribution in [0.2, 0.25) is 0 Å². The Morgan fingerprint density at radius 1 is 0.368 bits per heavy atom. The quantitative estimate of drug-likeness (QED) is 0.0202. The summed E-state index contributed by atoms with van der Waals surface area (Å²) in [6.07, 6.45) is 10.1. The Morgan fingerprint density at radius 3 is 0.882 bits per heavy atom. The van der Waals surface area contributed by atoms with Crippen LogP contribution in [0.1, 0.15) is 97.5 Å². The zero-order valence-electron chi connectivity index (χ0n) is 42.8. The smallest absolute Gasteiger partial charge is 0.246 e. The third kappa shape index (κ3) is 18.9. The summed E-state index contributed by atoms with van der Waals surface area (Å²) in [6, 6.07) is 35.8. The Labute approximate surface area is 444 Å². The predicted octanol–water partition coefficient (Wildman–Crippen LogP) is 5.44. The normalized spacial score (nSPS) is 12.2. The molecule has 18 heteroatoms. The number of hydrogen-bond acceptors (Lipinski definition) is 12. The number of rotatable bonds is 30. The van der Waals surface area contributed by atoms with E-state index < -0.39 is 18.1 Å². The van der Waals surface area contributed by atoms with Crippen molar-refractivity contribution in [3.63, 3.8) is 0 Å². The largest absolute Gasteiger partial charge is 0.344 e. The van der Waals surface area contributed by atoms with Crippen LogP contribution < -0.4 is 49.1 Å². The van der Waals surface area contributed by atoms with Crippen molar-refractivity contribution in [1.82, 2.24) is 30.9 Å². The SMILES string of the molecule is NCCCC[C@H](NC(=O)Cc1ccccn1)C(=O)Nc1ccc(C(c2ccc(NC(=O)[C@H](CCCCN)NC(=O)Cc3ccccn3)cc2)c2ccc(NC(=O)[C@H](CCCCN)NC(=O)Cc3ccccn3)cc2)cc1. The summed E-state index contributed by atoms with van der Waals surface area (Å²) >= 11 is 0. The molecule has 0 aliphatic heterocycles. The molecule has 0 saturated heterocycles. The van der Waals surface area contributed by atoms with Gasteiger partial charge in [0, 0.05) is 58.7 Å². The second kappa shape index (κ2) is 30.9. The lowest BCUT2D eigenvalue weighted by Gasteiger charge is -2.22. The van der Waals surface area contributed by atoms with Gasteiger partial charge >= 0.3 is 0 Å². The Hall–Kier alpha value is -8.19. The van der Waals surface area contributed by atoms with Gasteiger partial charge in [0.25, 0.3) is 0 Å². The molecule has 398 valence electrons. The monoisotopic (exact) mass is 1030 g/mol. The van der Waals surface area contributed by atoms with E-state index in [1.165, 1.54) is 0 Å². The van der Waals surface area contributed by atoms with E-state index in [1.54, 1.807) is 110 Å². The van der Waals surface area contributed by atoms with Crippen molar-refractivity contribution in [1.29, 1.82) is 0 Å². The summed E-state index contributed by atoms with van der Waals surface area (Å²) in [7, 11) is 0. The number of anilines is 3. The van der Waals surface area contributed by atoms with E-state index in [0.717, 1.165) is 16.7 Å². The van der Waals surface area contributed by atoms with Crippen LogP contribution in [0.25, 0.3) is 0 Å². The number of carbonyl (C=O) groups excluding carboxylic acids is 6. The van der Waals surface area contributed by atoms with Crippen LogP contribution in [0.3, 0.4) is 0 Å². The number of unbranched alkanes of at least 4 members (excludes halogenated alkanes) is 3. The summed E-state index contributed by atoms with van der Waals surface area (Å²) in [5.41, 5.74) is 23.2. The second-order valence-electron chi connectivity index (χ2n) is 18.5. The molecule has 0 bridgehead atoms. The van der Waals surface area contributed by atoms with Crippen LogP contribution in [-0.2, 0) is 48.0 Å². The first kappa shape index (κ1) is 57.1. The van der Waals surface area contributed by atoms with Crippen molar-refractivity contribution in [3.8, 4) is 0 Å². The number of hydrogen-bond donors (Lipinski definition) is 9. The molecule has 6 aromatic rings. The predicted molar refractivity (Wildman–Crippen MR) is 294 cm³/mol. The molecule has 3 heterocycles. The molecular weight excluding hydrogens is 961 g/mol. The zero-order chi connectivity index (χ0) is 53.9. The number of nitrogens with zero attached hydrogens (tertiary/aromatic N) is 3. The highest BCUT2D eigenvalue weighted by Gasteiger charge is 2.25. The topological polar surface area (TPSA) is 291 Å². The van der Waals surface area contributed by atoms with Gasteiger partial charge in [0.05, 0.1) is 19.3 Å². The molecule has 0 unspecified atom stereocenters. The number of pyridine rings is 3. The lowest BCUT2D eigenvalue weighted by Crippen LogP contribution is -2.44. The van der Waals surface area contributed by atoms with Gasteiger partial charge in [-0.05, 0) is 167 Å². The van der Waals surface area contributed by atoms with Gasteiger partial charge in [0.15, 0.2) is 0 Å². The third-order valence-electron chi connectivity index (χ3n) is 12.5. The highest BCUT2D eigenvalue weighted by atomic mass is 16.2.